The first kappa shape index (κ1) is 14.8. The molecular weight excluding hydrogens is 266 g/mol. The summed E-state index contributed by atoms with van der Waals surface area (Å²) in [7, 11) is 0. The smallest absolute Gasteiger partial charge is 0.251 e. The van der Waals surface area contributed by atoms with Gasteiger partial charge >= 0.3 is 0 Å². The summed E-state index contributed by atoms with van der Waals surface area (Å²) in [5.41, 5.74) is 8.46. The number of nitrogens with zero attached hydrogens (tertiary/aromatic N) is 1. The van der Waals surface area contributed by atoms with Crippen molar-refractivity contribution >= 4 is 5.91 Å². The molecule has 0 atom stereocenters. The summed E-state index contributed by atoms with van der Waals surface area (Å²) in [6, 6.07) is 7.17. The van der Waals surface area contributed by atoms with Gasteiger partial charge in [-0.25, -0.2) is 0 Å². The van der Waals surface area contributed by atoms with E-state index in [1.807, 2.05) is 26.0 Å². The Hall–Kier alpha value is -2.58. The Morgan fingerprint density at radius 1 is 1.38 bits per heavy atom. The first-order valence-corrected chi connectivity index (χ1v) is 6.60. The van der Waals surface area contributed by atoms with Gasteiger partial charge in [-0.3, -0.25) is 4.79 Å². The van der Waals surface area contributed by atoms with E-state index < -0.39 is 0 Å². The molecule has 1 heterocycles. The van der Waals surface area contributed by atoms with Crippen LogP contribution in [0.3, 0.4) is 0 Å². The van der Waals surface area contributed by atoms with Gasteiger partial charge in [-0.2, -0.15) is 0 Å². The first-order chi connectivity index (χ1) is 10.1. The fourth-order valence-corrected chi connectivity index (χ4v) is 1.87. The number of nitrogens with two attached hydrogens (primary N) is 1. The quantitative estimate of drug-likeness (QED) is 0.837. The maximum absolute atomic E-state index is 12.1. The number of benzene rings is 1. The molecule has 21 heavy (non-hydrogen) atoms. The van der Waals surface area contributed by atoms with Gasteiger partial charge in [0.1, 0.15) is 11.5 Å². The van der Waals surface area contributed by atoms with Gasteiger partial charge in [-0.1, -0.05) is 17.0 Å². The van der Waals surface area contributed by atoms with E-state index in [-0.39, 0.29) is 5.91 Å². The molecule has 108 valence electrons. The van der Waals surface area contributed by atoms with E-state index in [0.29, 0.717) is 24.3 Å². The molecule has 3 N–H and O–H groups in total. The second-order valence-electron chi connectivity index (χ2n) is 4.65. The number of nitrogens with one attached hydrogen (secondary N) is 1. The number of rotatable bonds is 3. The molecule has 5 heteroatoms. The molecule has 2 rings (SSSR count). The van der Waals surface area contributed by atoms with Gasteiger partial charge in [-0.15, -0.1) is 0 Å². The summed E-state index contributed by atoms with van der Waals surface area (Å²) in [6.07, 6.45) is 0. The van der Waals surface area contributed by atoms with Crippen molar-refractivity contribution < 1.29 is 9.32 Å². The molecule has 0 unspecified atom stereocenters. The van der Waals surface area contributed by atoms with Crippen LogP contribution in [-0.2, 0) is 6.54 Å². The Kier molecular flexibility index (Phi) is 4.75. The summed E-state index contributed by atoms with van der Waals surface area (Å²) in [6.45, 7) is 4.38. The third-order valence-electron chi connectivity index (χ3n) is 2.92. The number of carbonyl (C=O) groups excluding carboxylic acids is 1. The standard InChI is InChI=1S/C16H17N3O2/c1-11-8-14(6-5-13(11)4-3-7-17)16(20)18-10-15-9-12(2)21-19-15/h5-6,8-9H,7,10,17H2,1-2H3,(H,18,20). The van der Waals surface area contributed by atoms with E-state index in [4.69, 9.17) is 10.3 Å². The molecule has 0 spiro atoms. The highest BCUT2D eigenvalue weighted by Crippen LogP contribution is 2.10. The van der Waals surface area contributed by atoms with Crippen molar-refractivity contribution in [2.75, 3.05) is 6.54 Å². The second-order valence-corrected chi connectivity index (χ2v) is 4.65. The number of carbonyl (C=O) groups is 1. The summed E-state index contributed by atoms with van der Waals surface area (Å²) in [5.74, 6) is 6.34. The molecule has 0 aliphatic heterocycles. The van der Waals surface area contributed by atoms with E-state index in [1.54, 1.807) is 12.1 Å². The van der Waals surface area contributed by atoms with Crippen LogP contribution in [-0.4, -0.2) is 17.6 Å². The second kappa shape index (κ2) is 6.73. The average Bonchev–Trinajstić information content (AvgIpc) is 2.89. The van der Waals surface area contributed by atoms with Crippen LogP contribution in [0, 0.1) is 25.7 Å². The first-order valence-electron chi connectivity index (χ1n) is 6.60. The Balaban J connectivity index is 2.04. The minimum atomic E-state index is -0.155. The van der Waals surface area contributed by atoms with Gasteiger partial charge in [0.15, 0.2) is 0 Å². The van der Waals surface area contributed by atoms with Gasteiger partial charge in [0.05, 0.1) is 13.1 Å². The van der Waals surface area contributed by atoms with Crippen LogP contribution >= 0.6 is 0 Å². The van der Waals surface area contributed by atoms with Crippen LogP contribution in [0.15, 0.2) is 28.8 Å². The maximum Gasteiger partial charge on any atom is 0.251 e. The van der Waals surface area contributed by atoms with Crippen LogP contribution in [0.5, 0.6) is 0 Å². The Morgan fingerprint density at radius 2 is 2.19 bits per heavy atom. The SMILES string of the molecule is Cc1cc(CNC(=O)c2ccc(C#CCN)c(C)c2)no1. The highest BCUT2D eigenvalue weighted by molar-refractivity contribution is 5.94. The number of hydrogen-bond donors (Lipinski definition) is 2. The summed E-state index contributed by atoms with van der Waals surface area (Å²) in [4.78, 5) is 12.1. The zero-order chi connectivity index (χ0) is 15.2. The lowest BCUT2D eigenvalue weighted by Gasteiger charge is -2.05. The molecule has 5 nitrogen and oxygen atoms in total. The normalized spacial score (nSPS) is 9.86. The third-order valence-corrected chi connectivity index (χ3v) is 2.92. The molecule has 0 radical (unpaired) electrons. The lowest BCUT2D eigenvalue weighted by Crippen LogP contribution is -2.23. The van der Waals surface area contributed by atoms with Crippen LogP contribution < -0.4 is 11.1 Å². The molecule has 0 aliphatic carbocycles. The molecule has 0 aliphatic rings. The minimum absolute atomic E-state index is 0.155. The molecule has 0 bridgehead atoms. The van der Waals surface area contributed by atoms with Gasteiger partial charge in [0.25, 0.3) is 5.91 Å². The molecule has 0 saturated heterocycles. The maximum atomic E-state index is 12.1. The van der Waals surface area contributed by atoms with Crippen LogP contribution in [0.4, 0.5) is 0 Å². The van der Waals surface area contributed by atoms with Crippen molar-refractivity contribution in [3.05, 3.63) is 52.4 Å². The Bertz CT molecular complexity index is 708. The van der Waals surface area contributed by atoms with E-state index >= 15 is 0 Å². The predicted octanol–water partition coefficient (Wildman–Crippen LogP) is 1.53. The number of hydrogen-bond acceptors (Lipinski definition) is 4. The Labute approximate surface area is 123 Å². The third kappa shape index (κ3) is 3.94. The van der Waals surface area contributed by atoms with Crippen molar-refractivity contribution in [3.8, 4) is 11.8 Å². The van der Waals surface area contributed by atoms with E-state index in [9.17, 15) is 4.79 Å². The highest BCUT2D eigenvalue weighted by atomic mass is 16.5. The topological polar surface area (TPSA) is 81.2 Å². The molecule has 1 aromatic heterocycles. The Morgan fingerprint density at radius 3 is 2.81 bits per heavy atom. The molecular formula is C16H17N3O2. The van der Waals surface area contributed by atoms with Gasteiger partial charge in [0.2, 0.25) is 0 Å². The number of aryl methyl sites for hydroxylation is 2. The van der Waals surface area contributed by atoms with Crippen molar-refractivity contribution in [2.45, 2.75) is 20.4 Å². The van der Waals surface area contributed by atoms with Gasteiger partial charge in [-0.05, 0) is 37.6 Å². The van der Waals surface area contributed by atoms with E-state index in [1.165, 1.54) is 0 Å². The molecule has 2 aromatic rings. The lowest BCUT2D eigenvalue weighted by atomic mass is 10.0. The zero-order valence-electron chi connectivity index (χ0n) is 12.1. The van der Waals surface area contributed by atoms with Crippen LogP contribution in [0.2, 0.25) is 0 Å². The molecule has 0 saturated carbocycles. The lowest BCUT2D eigenvalue weighted by molar-refractivity contribution is 0.0950. The zero-order valence-corrected chi connectivity index (χ0v) is 12.1. The number of aromatic nitrogens is 1. The average molecular weight is 283 g/mol. The summed E-state index contributed by atoms with van der Waals surface area (Å²) >= 11 is 0. The fraction of sp³-hybridized carbons (Fsp3) is 0.250. The highest BCUT2D eigenvalue weighted by Gasteiger charge is 2.08. The van der Waals surface area contributed by atoms with E-state index in [0.717, 1.165) is 16.9 Å². The van der Waals surface area contributed by atoms with Crippen LogP contribution in [0.25, 0.3) is 0 Å². The fourth-order valence-electron chi connectivity index (χ4n) is 1.87. The molecule has 0 fully saturated rings. The van der Waals surface area contributed by atoms with Crippen molar-refractivity contribution in [3.63, 3.8) is 0 Å². The summed E-state index contributed by atoms with van der Waals surface area (Å²) < 4.78 is 4.95. The van der Waals surface area contributed by atoms with Crippen molar-refractivity contribution in [1.29, 1.82) is 0 Å². The van der Waals surface area contributed by atoms with Gasteiger partial charge < -0.3 is 15.6 Å². The molecule has 1 amide bonds. The van der Waals surface area contributed by atoms with Gasteiger partial charge in [0, 0.05) is 17.2 Å². The van der Waals surface area contributed by atoms with Crippen molar-refractivity contribution in [2.24, 2.45) is 5.73 Å². The van der Waals surface area contributed by atoms with Crippen LogP contribution in [0.1, 0.15) is 32.9 Å². The summed E-state index contributed by atoms with van der Waals surface area (Å²) in [5, 5.41) is 6.63. The largest absolute Gasteiger partial charge is 0.361 e. The minimum Gasteiger partial charge on any atom is -0.361 e. The predicted molar refractivity (Wildman–Crippen MR) is 79.5 cm³/mol. The molecule has 1 aromatic carbocycles. The monoisotopic (exact) mass is 283 g/mol. The van der Waals surface area contributed by atoms with E-state index in [2.05, 4.69) is 22.3 Å². The van der Waals surface area contributed by atoms with Crippen molar-refractivity contribution in [1.82, 2.24) is 10.5 Å². The number of amides is 1.